The molecular formula is C11H15N3O2. The molecule has 0 aliphatic carbocycles. The molecule has 1 aliphatic heterocycles. The van der Waals surface area contributed by atoms with Gasteiger partial charge in [0.15, 0.2) is 5.69 Å². The highest BCUT2D eigenvalue weighted by Gasteiger charge is 2.23. The summed E-state index contributed by atoms with van der Waals surface area (Å²) in [6, 6.07) is 1.66. The summed E-state index contributed by atoms with van der Waals surface area (Å²) in [5.74, 6) is 0.691. The summed E-state index contributed by atoms with van der Waals surface area (Å²) in [6.45, 7) is 5.77. The van der Waals surface area contributed by atoms with E-state index in [1.807, 2.05) is 6.92 Å². The number of esters is 1. The van der Waals surface area contributed by atoms with E-state index in [4.69, 9.17) is 4.74 Å². The van der Waals surface area contributed by atoms with Gasteiger partial charge in [0.1, 0.15) is 5.82 Å². The predicted octanol–water partition coefficient (Wildman–Crippen LogP) is 0.649. The number of hydrogen-bond acceptors (Lipinski definition) is 5. The maximum absolute atomic E-state index is 11.5. The highest BCUT2D eigenvalue weighted by Crippen LogP contribution is 2.16. The van der Waals surface area contributed by atoms with Crippen LogP contribution in [0.4, 0.5) is 0 Å². The molecule has 2 rings (SSSR count). The third-order valence-corrected chi connectivity index (χ3v) is 2.50. The van der Waals surface area contributed by atoms with Crippen LogP contribution in [0, 0.1) is 6.92 Å². The van der Waals surface area contributed by atoms with Gasteiger partial charge in [-0.05, 0) is 19.9 Å². The molecule has 1 N–H and O–H groups in total. The van der Waals surface area contributed by atoms with E-state index in [1.165, 1.54) is 0 Å². The summed E-state index contributed by atoms with van der Waals surface area (Å²) in [5.41, 5.74) is 1.16. The van der Waals surface area contributed by atoms with Gasteiger partial charge in [-0.25, -0.2) is 14.8 Å². The Labute approximate surface area is 94.2 Å². The van der Waals surface area contributed by atoms with Gasteiger partial charge in [-0.3, -0.25) is 0 Å². The van der Waals surface area contributed by atoms with Gasteiger partial charge in [0.2, 0.25) is 0 Å². The minimum atomic E-state index is -0.374. The molecule has 2 heterocycles. The van der Waals surface area contributed by atoms with Crippen LogP contribution in [0.1, 0.15) is 34.8 Å². The fraction of sp³-hybridized carbons (Fsp3) is 0.545. The van der Waals surface area contributed by atoms with E-state index in [9.17, 15) is 4.79 Å². The number of aryl methyl sites for hydroxylation is 1. The molecule has 1 saturated heterocycles. The standard InChI is InChI=1S/C11H15N3O2/c1-3-16-11(15)9-4-7(2)13-10(14-9)8-5-12-6-8/h4,8,12H,3,5-6H2,1-2H3. The van der Waals surface area contributed by atoms with Crippen molar-refractivity contribution in [2.75, 3.05) is 19.7 Å². The minimum absolute atomic E-state index is 0.327. The fourth-order valence-corrected chi connectivity index (χ4v) is 1.55. The summed E-state index contributed by atoms with van der Waals surface area (Å²) in [6.07, 6.45) is 0. The van der Waals surface area contributed by atoms with Gasteiger partial charge in [-0.2, -0.15) is 0 Å². The molecule has 5 nitrogen and oxygen atoms in total. The van der Waals surface area contributed by atoms with Crippen molar-refractivity contribution in [1.82, 2.24) is 15.3 Å². The fourth-order valence-electron chi connectivity index (χ4n) is 1.55. The van der Waals surface area contributed by atoms with Crippen LogP contribution in [-0.2, 0) is 4.74 Å². The van der Waals surface area contributed by atoms with Gasteiger partial charge >= 0.3 is 5.97 Å². The molecule has 0 spiro atoms. The molecule has 0 aromatic carbocycles. The molecule has 0 atom stereocenters. The van der Waals surface area contributed by atoms with Crippen molar-refractivity contribution in [2.24, 2.45) is 0 Å². The largest absolute Gasteiger partial charge is 0.461 e. The minimum Gasteiger partial charge on any atom is -0.461 e. The quantitative estimate of drug-likeness (QED) is 0.759. The molecule has 1 aromatic rings. The predicted molar refractivity (Wildman–Crippen MR) is 58.3 cm³/mol. The van der Waals surface area contributed by atoms with Crippen LogP contribution in [0.3, 0.4) is 0 Å². The van der Waals surface area contributed by atoms with Gasteiger partial charge in [0, 0.05) is 24.7 Å². The van der Waals surface area contributed by atoms with E-state index in [0.717, 1.165) is 24.6 Å². The van der Waals surface area contributed by atoms with Gasteiger partial charge in [-0.15, -0.1) is 0 Å². The summed E-state index contributed by atoms with van der Waals surface area (Å²) >= 11 is 0. The summed E-state index contributed by atoms with van der Waals surface area (Å²) in [5, 5.41) is 3.16. The molecular weight excluding hydrogens is 206 g/mol. The lowest BCUT2D eigenvalue weighted by molar-refractivity contribution is 0.0518. The van der Waals surface area contributed by atoms with Gasteiger partial charge < -0.3 is 10.1 Å². The second-order valence-electron chi connectivity index (χ2n) is 3.83. The molecule has 16 heavy (non-hydrogen) atoms. The lowest BCUT2D eigenvalue weighted by Gasteiger charge is -2.25. The van der Waals surface area contributed by atoms with E-state index >= 15 is 0 Å². The first-order chi connectivity index (χ1) is 7.70. The van der Waals surface area contributed by atoms with Crippen LogP contribution in [0.2, 0.25) is 0 Å². The smallest absolute Gasteiger partial charge is 0.357 e. The Morgan fingerprint density at radius 1 is 1.56 bits per heavy atom. The number of ether oxygens (including phenoxy) is 1. The summed E-state index contributed by atoms with van der Waals surface area (Å²) in [7, 11) is 0. The molecule has 1 aliphatic rings. The second-order valence-corrected chi connectivity index (χ2v) is 3.83. The summed E-state index contributed by atoms with van der Waals surface area (Å²) in [4.78, 5) is 20.1. The molecule has 0 bridgehead atoms. The van der Waals surface area contributed by atoms with Crippen molar-refractivity contribution in [3.8, 4) is 0 Å². The van der Waals surface area contributed by atoms with Crippen LogP contribution in [0.25, 0.3) is 0 Å². The van der Waals surface area contributed by atoms with E-state index in [1.54, 1.807) is 13.0 Å². The number of rotatable bonds is 3. The normalized spacial score (nSPS) is 15.6. The molecule has 0 amide bonds. The maximum Gasteiger partial charge on any atom is 0.357 e. The zero-order valence-corrected chi connectivity index (χ0v) is 9.49. The van der Waals surface area contributed by atoms with Crippen molar-refractivity contribution in [3.05, 3.63) is 23.3 Å². The Morgan fingerprint density at radius 3 is 2.88 bits per heavy atom. The van der Waals surface area contributed by atoms with Gasteiger partial charge in [0.25, 0.3) is 0 Å². The first-order valence-electron chi connectivity index (χ1n) is 5.44. The topological polar surface area (TPSA) is 64.1 Å². The Balaban J connectivity index is 2.24. The number of aromatic nitrogens is 2. The lowest BCUT2D eigenvalue weighted by atomic mass is 10.0. The number of hydrogen-bond donors (Lipinski definition) is 1. The average Bonchev–Trinajstić information content (AvgIpc) is 2.14. The molecule has 1 aromatic heterocycles. The zero-order chi connectivity index (χ0) is 11.5. The third-order valence-electron chi connectivity index (χ3n) is 2.50. The molecule has 86 valence electrons. The average molecular weight is 221 g/mol. The molecule has 0 saturated carbocycles. The third kappa shape index (κ3) is 2.19. The zero-order valence-electron chi connectivity index (χ0n) is 9.49. The molecule has 0 radical (unpaired) electrons. The van der Waals surface area contributed by atoms with Crippen LogP contribution in [0.15, 0.2) is 6.07 Å². The monoisotopic (exact) mass is 221 g/mol. The van der Waals surface area contributed by atoms with Crippen molar-refractivity contribution in [3.63, 3.8) is 0 Å². The highest BCUT2D eigenvalue weighted by molar-refractivity contribution is 5.87. The van der Waals surface area contributed by atoms with Gasteiger partial charge in [-0.1, -0.05) is 0 Å². The Bertz CT molecular complexity index is 402. The lowest BCUT2D eigenvalue weighted by Crippen LogP contribution is -2.41. The van der Waals surface area contributed by atoms with Crippen molar-refractivity contribution in [1.29, 1.82) is 0 Å². The Kier molecular flexibility index (Phi) is 3.14. The van der Waals surface area contributed by atoms with Crippen molar-refractivity contribution in [2.45, 2.75) is 19.8 Å². The summed E-state index contributed by atoms with van der Waals surface area (Å²) < 4.78 is 4.92. The van der Waals surface area contributed by atoms with Crippen LogP contribution < -0.4 is 5.32 Å². The first kappa shape index (κ1) is 11.0. The molecule has 0 unspecified atom stereocenters. The second kappa shape index (κ2) is 4.57. The molecule has 5 heteroatoms. The SMILES string of the molecule is CCOC(=O)c1cc(C)nc(C2CNC2)n1. The van der Waals surface area contributed by atoms with Crippen LogP contribution in [0.5, 0.6) is 0 Å². The van der Waals surface area contributed by atoms with Crippen LogP contribution >= 0.6 is 0 Å². The Hall–Kier alpha value is -1.49. The first-order valence-corrected chi connectivity index (χ1v) is 5.44. The number of nitrogens with zero attached hydrogens (tertiary/aromatic N) is 2. The number of carbonyl (C=O) groups excluding carboxylic acids is 1. The van der Waals surface area contributed by atoms with E-state index in [0.29, 0.717) is 18.2 Å². The van der Waals surface area contributed by atoms with Crippen molar-refractivity contribution < 1.29 is 9.53 Å². The Morgan fingerprint density at radius 2 is 2.31 bits per heavy atom. The van der Waals surface area contributed by atoms with E-state index in [-0.39, 0.29) is 5.97 Å². The van der Waals surface area contributed by atoms with E-state index < -0.39 is 0 Å². The maximum atomic E-state index is 11.5. The van der Waals surface area contributed by atoms with Gasteiger partial charge in [0.05, 0.1) is 6.61 Å². The van der Waals surface area contributed by atoms with Crippen molar-refractivity contribution >= 4 is 5.97 Å². The number of nitrogens with one attached hydrogen (secondary N) is 1. The molecule has 1 fully saturated rings. The van der Waals surface area contributed by atoms with Crippen LogP contribution in [-0.4, -0.2) is 35.6 Å². The highest BCUT2D eigenvalue weighted by atomic mass is 16.5. The number of carbonyl (C=O) groups is 1. The van der Waals surface area contributed by atoms with E-state index in [2.05, 4.69) is 15.3 Å².